The zero-order chi connectivity index (χ0) is 12.4. The molecule has 2 heterocycles. The van der Waals surface area contributed by atoms with Crippen LogP contribution in [-0.2, 0) is 16.0 Å². The molecule has 2 aromatic rings. The van der Waals surface area contributed by atoms with Crippen molar-refractivity contribution in [3.8, 4) is 0 Å². The summed E-state index contributed by atoms with van der Waals surface area (Å²) >= 11 is 11.6. The number of H-pyrrole nitrogens is 1. The first kappa shape index (κ1) is 12.1. The van der Waals surface area contributed by atoms with Crippen molar-refractivity contribution in [2.75, 3.05) is 6.61 Å². The molecule has 0 aliphatic carbocycles. The largest absolute Gasteiger partial charge is 0.466 e. The maximum Gasteiger partial charge on any atom is 0.311 e. The molecule has 0 spiro atoms. The Balaban J connectivity index is 2.32. The number of aromatic amines is 1. The lowest BCUT2D eigenvalue weighted by Crippen LogP contribution is -2.07. The van der Waals surface area contributed by atoms with Crippen LogP contribution in [0.25, 0.3) is 11.0 Å². The van der Waals surface area contributed by atoms with E-state index in [4.69, 9.17) is 27.9 Å². The third-order valence-corrected chi connectivity index (χ3v) is 2.57. The lowest BCUT2D eigenvalue weighted by Gasteiger charge is -1.98. The monoisotopic (exact) mass is 273 g/mol. The minimum absolute atomic E-state index is 0.0621. The Morgan fingerprint density at radius 2 is 2.24 bits per heavy atom. The Morgan fingerprint density at radius 3 is 2.94 bits per heavy atom. The molecule has 7 heteroatoms. The summed E-state index contributed by atoms with van der Waals surface area (Å²) in [6.45, 7) is 2.11. The van der Waals surface area contributed by atoms with Gasteiger partial charge >= 0.3 is 5.97 Å². The van der Waals surface area contributed by atoms with Crippen molar-refractivity contribution in [3.63, 3.8) is 0 Å². The van der Waals surface area contributed by atoms with Gasteiger partial charge in [0, 0.05) is 5.69 Å². The first-order valence-corrected chi connectivity index (χ1v) is 5.72. The van der Waals surface area contributed by atoms with Gasteiger partial charge in [0.15, 0.2) is 0 Å². The summed E-state index contributed by atoms with van der Waals surface area (Å²) < 4.78 is 4.84. The molecule has 0 saturated carbocycles. The van der Waals surface area contributed by atoms with Crippen LogP contribution in [-0.4, -0.2) is 27.5 Å². The van der Waals surface area contributed by atoms with Gasteiger partial charge in [-0.3, -0.25) is 4.79 Å². The Hall–Kier alpha value is -1.33. The number of halogens is 2. The highest BCUT2D eigenvalue weighted by Crippen LogP contribution is 2.23. The number of carbonyl (C=O) groups is 1. The maximum absolute atomic E-state index is 11.3. The van der Waals surface area contributed by atoms with E-state index in [1.165, 1.54) is 0 Å². The molecule has 0 amide bonds. The molecule has 0 unspecified atom stereocenters. The van der Waals surface area contributed by atoms with Crippen molar-refractivity contribution in [2.24, 2.45) is 0 Å². The molecule has 0 aromatic carbocycles. The summed E-state index contributed by atoms with van der Waals surface area (Å²) in [6.07, 6.45) is 0.137. The Kier molecular flexibility index (Phi) is 3.49. The molecule has 0 atom stereocenters. The highest BCUT2D eigenvalue weighted by atomic mass is 35.5. The standard InChI is InChI=1S/C10H9Cl2N3O2/c1-2-17-7(16)4-5-3-6-8(11)14-10(12)15-9(6)13-5/h3H,2,4H2,1H3,(H,13,14,15). The van der Waals surface area contributed by atoms with Crippen molar-refractivity contribution in [2.45, 2.75) is 13.3 Å². The summed E-state index contributed by atoms with van der Waals surface area (Å²) in [5, 5.41) is 0.953. The highest BCUT2D eigenvalue weighted by molar-refractivity contribution is 6.35. The molecule has 0 aliphatic rings. The van der Waals surface area contributed by atoms with Gasteiger partial charge in [0.2, 0.25) is 5.28 Å². The average Bonchev–Trinajstić information content (AvgIpc) is 2.60. The fourth-order valence-corrected chi connectivity index (χ4v) is 1.90. The van der Waals surface area contributed by atoms with Gasteiger partial charge in [-0.25, -0.2) is 4.98 Å². The first-order valence-electron chi connectivity index (χ1n) is 4.96. The molecule has 0 bridgehead atoms. The van der Waals surface area contributed by atoms with E-state index < -0.39 is 0 Å². The second-order valence-electron chi connectivity index (χ2n) is 3.32. The van der Waals surface area contributed by atoms with Crippen LogP contribution in [0.1, 0.15) is 12.6 Å². The smallest absolute Gasteiger partial charge is 0.311 e. The van der Waals surface area contributed by atoms with E-state index in [2.05, 4.69) is 15.0 Å². The quantitative estimate of drug-likeness (QED) is 0.530. The number of carbonyl (C=O) groups excluding carboxylic acids is 1. The Morgan fingerprint density at radius 1 is 1.47 bits per heavy atom. The fourth-order valence-electron chi connectivity index (χ4n) is 1.46. The van der Waals surface area contributed by atoms with Gasteiger partial charge in [0.25, 0.3) is 0 Å². The van der Waals surface area contributed by atoms with Gasteiger partial charge in [-0.2, -0.15) is 4.98 Å². The zero-order valence-electron chi connectivity index (χ0n) is 8.96. The van der Waals surface area contributed by atoms with E-state index in [0.717, 1.165) is 0 Å². The highest BCUT2D eigenvalue weighted by Gasteiger charge is 2.11. The van der Waals surface area contributed by atoms with Crippen LogP contribution in [0, 0.1) is 0 Å². The van der Waals surface area contributed by atoms with Crippen LogP contribution in [0.2, 0.25) is 10.4 Å². The van der Waals surface area contributed by atoms with Gasteiger partial charge in [0.05, 0.1) is 18.4 Å². The number of aromatic nitrogens is 3. The second kappa shape index (κ2) is 4.89. The van der Waals surface area contributed by atoms with Crippen molar-refractivity contribution < 1.29 is 9.53 Å². The van der Waals surface area contributed by atoms with Crippen molar-refractivity contribution in [3.05, 3.63) is 22.2 Å². The molecule has 90 valence electrons. The van der Waals surface area contributed by atoms with Crippen molar-refractivity contribution >= 4 is 40.2 Å². The molecule has 2 aromatic heterocycles. The predicted octanol–water partition coefficient (Wildman–Crippen LogP) is 2.37. The SMILES string of the molecule is CCOC(=O)Cc1cc2c(Cl)nc(Cl)nc2[nH]1. The topological polar surface area (TPSA) is 67.9 Å². The molecular weight excluding hydrogens is 265 g/mol. The number of esters is 1. The number of hydrogen-bond acceptors (Lipinski definition) is 4. The van der Waals surface area contributed by atoms with Crippen LogP contribution >= 0.6 is 23.2 Å². The van der Waals surface area contributed by atoms with Gasteiger partial charge in [-0.1, -0.05) is 11.6 Å². The van der Waals surface area contributed by atoms with Gasteiger partial charge in [-0.05, 0) is 24.6 Å². The Labute approximate surface area is 107 Å². The number of nitrogens with one attached hydrogen (secondary N) is 1. The van der Waals surface area contributed by atoms with Crippen LogP contribution in [0.4, 0.5) is 0 Å². The average molecular weight is 274 g/mol. The van der Waals surface area contributed by atoms with Gasteiger partial charge in [-0.15, -0.1) is 0 Å². The third kappa shape index (κ3) is 2.68. The van der Waals surface area contributed by atoms with Crippen LogP contribution in [0.5, 0.6) is 0 Å². The van der Waals surface area contributed by atoms with E-state index >= 15 is 0 Å². The summed E-state index contributed by atoms with van der Waals surface area (Å²) in [7, 11) is 0. The maximum atomic E-state index is 11.3. The van der Waals surface area contributed by atoms with Crippen molar-refractivity contribution in [1.29, 1.82) is 0 Å². The summed E-state index contributed by atoms with van der Waals surface area (Å²) in [5.74, 6) is -0.311. The number of hydrogen-bond donors (Lipinski definition) is 1. The molecule has 5 nitrogen and oxygen atoms in total. The third-order valence-electron chi connectivity index (χ3n) is 2.11. The van der Waals surface area contributed by atoms with Crippen molar-refractivity contribution in [1.82, 2.24) is 15.0 Å². The molecule has 0 saturated heterocycles. The normalized spacial score (nSPS) is 10.8. The van der Waals surface area contributed by atoms with Crippen LogP contribution in [0.3, 0.4) is 0 Å². The number of fused-ring (bicyclic) bond motifs is 1. The molecule has 0 fully saturated rings. The summed E-state index contributed by atoms with van der Waals surface area (Å²) in [5.41, 5.74) is 1.17. The lowest BCUT2D eigenvalue weighted by atomic mass is 10.3. The van der Waals surface area contributed by atoms with E-state index in [0.29, 0.717) is 23.3 Å². The number of rotatable bonds is 3. The molecule has 17 heavy (non-hydrogen) atoms. The molecular formula is C10H9Cl2N3O2. The lowest BCUT2D eigenvalue weighted by molar-refractivity contribution is -0.142. The Bertz CT molecular complexity index is 568. The van der Waals surface area contributed by atoms with E-state index in [9.17, 15) is 4.79 Å². The number of ether oxygens (including phenoxy) is 1. The van der Waals surface area contributed by atoms with Crippen LogP contribution in [0.15, 0.2) is 6.07 Å². The fraction of sp³-hybridized carbons (Fsp3) is 0.300. The van der Waals surface area contributed by atoms with E-state index in [-0.39, 0.29) is 22.8 Å². The summed E-state index contributed by atoms with van der Waals surface area (Å²) in [6, 6.07) is 1.71. The van der Waals surface area contributed by atoms with E-state index in [1.807, 2.05) is 0 Å². The molecule has 1 N–H and O–H groups in total. The van der Waals surface area contributed by atoms with E-state index in [1.54, 1.807) is 13.0 Å². The second-order valence-corrected chi connectivity index (χ2v) is 4.02. The zero-order valence-corrected chi connectivity index (χ0v) is 10.5. The molecule has 0 radical (unpaired) electrons. The summed E-state index contributed by atoms with van der Waals surface area (Å²) in [4.78, 5) is 22.0. The predicted molar refractivity (Wildman–Crippen MR) is 64.2 cm³/mol. The minimum atomic E-state index is -0.311. The van der Waals surface area contributed by atoms with Gasteiger partial charge in [0.1, 0.15) is 10.8 Å². The minimum Gasteiger partial charge on any atom is -0.466 e. The van der Waals surface area contributed by atoms with Gasteiger partial charge < -0.3 is 9.72 Å². The number of nitrogens with zero attached hydrogens (tertiary/aromatic N) is 2. The van der Waals surface area contributed by atoms with Crippen LogP contribution < -0.4 is 0 Å². The first-order chi connectivity index (χ1) is 8.10. The molecule has 2 rings (SSSR count). The molecule has 0 aliphatic heterocycles.